The maximum absolute atomic E-state index is 13.7. The fourth-order valence-corrected chi connectivity index (χ4v) is 5.73. The van der Waals surface area contributed by atoms with E-state index in [1.165, 1.54) is 24.3 Å². The van der Waals surface area contributed by atoms with Crippen molar-refractivity contribution in [3.63, 3.8) is 0 Å². The van der Waals surface area contributed by atoms with Crippen LogP contribution < -0.4 is 15.0 Å². The number of fused-ring (bicyclic) bond motifs is 1. The molecule has 0 radical (unpaired) electrons. The highest BCUT2D eigenvalue weighted by atomic mass is 79.9. The maximum atomic E-state index is 13.7. The summed E-state index contributed by atoms with van der Waals surface area (Å²) in [5, 5.41) is 2.76. The van der Waals surface area contributed by atoms with Gasteiger partial charge in [-0.15, -0.1) is 8.78 Å². The van der Waals surface area contributed by atoms with Crippen molar-refractivity contribution in [1.29, 1.82) is 0 Å². The molecule has 0 bridgehead atoms. The number of amides is 2. The Bertz CT molecular complexity index is 1150. The predicted octanol–water partition coefficient (Wildman–Crippen LogP) is 5.26. The van der Waals surface area contributed by atoms with Gasteiger partial charge >= 0.3 is 5.57 Å². The third-order valence-electron chi connectivity index (χ3n) is 6.33. The van der Waals surface area contributed by atoms with Crippen LogP contribution in [-0.2, 0) is 16.0 Å². The first kappa shape index (κ1) is 26.6. The number of nitrogens with one attached hydrogen (secondary N) is 1. The van der Waals surface area contributed by atoms with E-state index in [4.69, 9.17) is 16.3 Å². The van der Waals surface area contributed by atoms with Gasteiger partial charge in [0.25, 0.3) is 5.91 Å². The summed E-state index contributed by atoms with van der Waals surface area (Å²) in [6.07, 6.45) is 0.453. The van der Waals surface area contributed by atoms with Crippen LogP contribution in [0.5, 0.6) is 5.75 Å². The molecule has 1 saturated heterocycles. The van der Waals surface area contributed by atoms with Crippen LogP contribution in [0.25, 0.3) is 0 Å². The van der Waals surface area contributed by atoms with E-state index in [9.17, 15) is 18.4 Å². The van der Waals surface area contributed by atoms with Crippen LogP contribution in [-0.4, -0.2) is 60.2 Å². The number of hydrogen-bond acceptors (Lipinski definition) is 5. The van der Waals surface area contributed by atoms with Gasteiger partial charge in [-0.2, -0.15) is 0 Å². The molecule has 0 aromatic heterocycles. The first-order valence-corrected chi connectivity index (χ1v) is 12.7. The summed E-state index contributed by atoms with van der Waals surface area (Å²) in [6, 6.07) is 9.02. The second kappa shape index (κ2) is 10.1. The molecule has 7 nitrogen and oxygen atoms in total. The molecule has 194 valence electrons. The van der Waals surface area contributed by atoms with E-state index in [2.05, 4.69) is 30.9 Å². The van der Waals surface area contributed by atoms with E-state index in [0.717, 1.165) is 11.3 Å². The van der Waals surface area contributed by atoms with E-state index in [1.54, 1.807) is 12.1 Å². The fourth-order valence-electron chi connectivity index (χ4n) is 4.95. The minimum Gasteiger partial charge on any atom is -0.420 e. The van der Waals surface area contributed by atoms with Gasteiger partial charge in [-0.25, -0.2) is 0 Å². The van der Waals surface area contributed by atoms with Crippen molar-refractivity contribution in [2.24, 2.45) is 0 Å². The molecule has 0 saturated carbocycles. The second-order valence-electron chi connectivity index (χ2n) is 9.31. The van der Waals surface area contributed by atoms with Crippen molar-refractivity contribution in [2.45, 2.75) is 44.3 Å². The van der Waals surface area contributed by atoms with Crippen LogP contribution in [0.4, 0.5) is 20.2 Å². The number of ether oxygens (including phenoxy) is 2. The molecule has 1 unspecified atom stereocenters. The number of alkyl halides is 3. The van der Waals surface area contributed by atoms with Gasteiger partial charge in [0.05, 0.1) is 18.9 Å². The SMILES string of the molecule is CC(C)N1c2c(Br)cc(C(=O)Nc3ccc(OC(F)(F)Cl)cc3)cc2CC1(C)C(=O)N1CCOCC1. The molecule has 2 heterocycles. The average Bonchev–Trinajstić information content (AvgIpc) is 3.13. The molecule has 2 aromatic rings. The minimum atomic E-state index is -3.82. The zero-order valence-corrected chi connectivity index (χ0v) is 22.5. The summed E-state index contributed by atoms with van der Waals surface area (Å²) in [6.45, 7) is 8.18. The minimum absolute atomic E-state index is 0.0401. The van der Waals surface area contributed by atoms with Crippen LogP contribution in [0.3, 0.4) is 0 Å². The summed E-state index contributed by atoms with van der Waals surface area (Å²) < 4.78 is 36.0. The van der Waals surface area contributed by atoms with Gasteiger partial charge < -0.3 is 24.6 Å². The van der Waals surface area contributed by atoms with Gasteiger partial charge in [-0.05, 0) is 78.7 Å². The molecule has 36 heavy (non-hydrogen) atoms. The van der Waals surface area contributed by atoms with E-state index >= 15 is 0 Å². The second-order valence-corrected chi connectivity index (χ2v) is 10.6. The van der Waals surface area contributed by atoms with Crippen molar-refractivity contribution >= 4 is 50.7 Å². The maximum Gasteiger partial charge on any atom is 0.487 e. The molecule has 0 aliphatic carbocycles. The molecule has 2 aliphatic heterocycles. The van der Waals surface area contributed by atoms with Crippen LogP contribution in [0.1, 0.15) is 36.7 Å². The average molecular weight is 587 g/mol. The van der Waals surface area contributed by atoms with E-state index < -0.39 is 11.1 Å². The predicted molar refractivity (Wildman–Crippen MR) is 137 cm³/mol. The number of anilines is 2. The van der Waals surface area contributed by atoms with E-state index in [-0.39, 0.29) is 23.6 Å². The summed E-state index contributed by atoms with van der Waals surface area (Å²) >= 11 is 8.41. The zero-order chi connectivity index (χ0) is 26.3. The third-order valence-corrected chi connectivity index (χ3v) is 7.01. The Morgan fingerprint density at radius 3 is 2.42 bits per heavy atom. The monoisotopic (exact) mass is 585 g/mol. The molecule has 2 aliphatic rings. The largest absolute Gasteiger partial charge is 0.487 e. The summed E-state index contributed by atoms with van der Waals surface area (Å²) in [5.74, 6) is -0.469. The first-order valence-electron chi connectivity index (χ1n) is 11.5. The Balaban J connectivity index is 1.57. The molecule has 4 rings (SSSR count). The van der Waals surface area contributed by atoms with E-state index in [1.807, 2.05) is 25.7 Å². The summed E-state index contributed by atoms with van der Waals surface area (Å²) in [4.78, 5) is 30.7. The molecule has 2 amide bonds. The number of carbonyl (C=O) groups excluding carboxylic acids is 2. The van der Waals surface area contributed by atoms with Crippen molar-refractivity contribution in [1.82, 2.24) is 4.90 Å². The van der Waals surface area contributed by atoms with Gasteiger partial charge in [0, 0.05) is 52.9 Å². The quantitative estimate of drug-likeness (QED) is 0.468. The van der Waals surface area contributed by atoms with Crippen LogP contribution in [0.15, 0.2) is 40.9 Å². The van der Waals surface area contributed by atoms with Crippen LogP contribution >= 0.6 is 27.5 Å². The summed E-state index contributed by atoms with van der Waals surface area (Å²) in [7, 11) is 0. The first-order chi connectivity index (χ1) is 16.9. The highest BCUT2D eigenvalue weighted by Gasteiger charge is 2.49. The fraction of sp³-hybridized carbons (Fsp3) is 0.440. The molecule has 1 N–H and O–H groups in total. The number of benzene rings is 2. The number of morpholine rings is 1. The number of hydrogen-bond donors (Lipinski definition) is 1. The lowest BCUT2D eigenvalue weighted by Gasteiger charge is -2.43. The molecule has 0 spiro atoms. The molecule has 2 aromatic carbocycles. The van der Waals surface area contributed by atoms with Crippen molar-refractivity contribution in [3.05, 3.63) is 52.0 Å². The molecule has 1 atom stereocenters. The zero-order valence-electron chi connectivity index (χ0n) is 20.1. The Morgan fingerprint density at radius 1 is 1.19 bits per heavy atom. The van der Waals surface area contributed by atoms with Crippen molar-refractivity contribution in [3.8, 4) is 5.75 Å². The highest BCUT2D eigenvalue weighted by molar-refractivity contribution is 9.10. The van der Waals surface area contributed by atoms with Gasteiger partial charge in [0.1, 0.15) is 11.3 Å². The number of rotatable bonds is 6. The highest BCUT2D eigenvalue weighted by Crippen LogP contribution is 2.46. The van der Waals surface area contributed by atoms with Crippen LogP contribution in [0.2, 0.25) is 0 Å². The molecular formula is C25H27BrClF2N3O4. The Kier molecular flexibility index (Phi) is 7.50. The van der Waals surface area contributed by atoms with Gasteiger partial charge in [-0.1, -0.05) is 0 Å². The lowest BCUT2D eigenvalue weighted by atomic mass is 9.93. The Labute approximate surface area is 221 Å². The van der Waals surface area contributed by atoms with Gasteiger partial charge in [0.2, 0.25) is 5.91 Å². The van der Waals surface area contributed by atoms with Crippen LogP contribution in [0, 0.1) is 0 Å². The topological polar surface area (TPSA) is 71.1 Å². The van der Waals surface area contributed by atoms with E-state index in [0.29, 0.717) is 48.4 Å². The van der Waals surface area contributed by atoms with Crippen molar-refractivity contribution < 1.29 is 27.8 Å². The molecule has 1 fully saturated rings. The number of carbonyl (C=O) groups is 2. The molecule has 11 heteroatoms. The van der Waals surface area contributed by atoms with Gasteiger partial charge in [-0.3, -0.25) is 9.59 Å². The Morgan fingerprint density at radius 2 is 1.83 bits per heavy atom. The Hall–Kier alpha value is -2.43. The lowest BCUT2D eigenvalue weighted by molar-refractivity contribution is -0.140. The number of halogens is 4. The summed E-state index contributed by atoms with van der Waals surface area (Å²) in [5.41, 5.74) is -2.03. The standard InChI is InChI=1S/C25H27BrClF2N3O4/c1-15(2)32-21-17(14-24(32,3)23(34)31-8-10-35-11-9-31)12-16(13-20(21)26)22(33)30-18-4-6-19(7-5-18)36-25(27,28)29/h4-7,12-13,15H,8-11,14H2,1-3H3,(H,30,33). The molecular weight excluding hydrogens is 560 g/mol. The smallest absolute Gasteiger partial charge is 0.420 e. The number of nitrogens with zero attached hydrogens (tertiary/aromatic N) is 2. The van der Waals surface area contributed by atoms with Gasteiger partial charge in [0.15, 0.2) is 0 Å². The normalized spacial score (nSPS) is 19.9. The van der Waals surface area contributed by atoms with Crippen molar-refractivity contribution in [2.75, 3.05) is 36.5 Å². The lowest BCUT2D eigenvalue weighted by Crippen LogP contribution is -2.60. The third kappa shape index (κ3) is 5.45.